The van der Waals surface area contributed by atoms with Crippen molar-refractivity contribution in [1.82, 2.24) is 15.4 Å². The minimum Gasteiger partial charge on any atom is -0.335 e. The van der Waals surface area contributed by atoms with Gasteiger partial charge in [-0.2, -0.15) is 0 Å². The van der Waals surface area contributed by atoms with Gasteiger partial charge in [0.15, 0.2) is 6.33 Å². The van der Waals surface area contributed by atoms with Crippen LogP contribution in [0.1, 0.15) is 5.56 Å². The van der Waals surface area contributed by atoms with Gasteiger partial charge in [0.1, 0.15) is 5.84 Å². The molecule has 0 saturated carbocycles. The first kappa shape index (κ1) is 7.75. The molecule has 0 aliphatic rings. The highest BCUT2D eigenvalue weighted by Crippen LogP contribution is 2.10. The second kappa shape index (κ2) is 2.87. The molecule has 0 spiro atoms. The number of aromatic amines is 1. The van der Waals surface area contributed by atoms with Gasteiger partial charge in [0.2, 0.25) is 0 Å². The summed E-state index contributed by atoms with van der Waals surface area (Å²) in [6.07, 6.45) is 2.59. The number of fused-ring (bicyclic) bond motifs is 1. The zero-order valence-electron chi connectivity index (χ0n) is 6.63. The molecule has 0 saturated heterocycles. The number of aromatic nitrogens is 2. The van der Waals surface area contributed by atoms with Crippen LogP contribution in [0.15, 0.2) is 18.2 Å². The summed E-state index contributed by atoms with van der Waals surface area (Å²) in [7, 11) is 0. The standard InChI is InChI=1S/C8H7N4O/c9-8(12-13)5-1-2-6-7(3-5)11-4-10-6/h1-3,13H,(H2,9,12)(H,10,11). The van der Waals surface area contributed by atoms with Crippen molar-refractivity contribution >= 4 is 16.9 Å². The highest BCUT2D eigenvalue weighted by atomic mass is 16.5. The lowest BCUT2D eigenvalue weighted by Crippen LogP contribution is -2.18. The van der Waals surface area contributed by atoms with E-state index in [1.54, 1.807) is 23.7 Å². The Balaban J connectivity index is 2.54. The number of hydrogen-bond acceptors (Lipinski definition) is 3. The first-order valence-electron chi connectivity index (χ1n) is 3.66. The number of imidazole rings is 1. The molecule has 65 valence electrons. The minimum absolute atomic E-state index is 0.0510. The van der Waals surface area contributed by atoms with Gasteiger partial charge >= 0.3 is 0 Å². The van der Waals surface area contributed by atoms with Crippen molar-refractivity contribution in [1.29, 1.82) is 5.41 Å². The molecule has 1 heterocycles. The zero-order chi connectivity index (χ0) is 9.26. The Morgan fingerprint density at radius 2 is 2.46 bits per heavy atom. The summed E-state index contributed by atoms with van der Waals surface area (Å²) >= 11 is 0. The lowest BCUT2D eigenvalue weighted by atomic mass is 10.2. The third-order valence-electron chi connectivity index (χ3n) is 1.77. The lowest BCUT2D eigenvalue weighted by molar-refractivity contribution is 0.234. The SMILES string of the molecule is N=C(NO)c1ccc2[nH][c]nc2c1. The Bertz CT molecular complexity index is 448. The van der Waals surface area contributed by atoms with Crippen LogP contribution >= 0.6 is 0 Å². The predicted molar refractivity (Wildman–Crippen MR) is 46.7 cm³/mol. The molecule has 0 amide bonds. The number of benzene rings is 1. The second-order valence-electron chi connectivity index (χ2n) is 2.57. The van der Waals surface area contributed by atoms with Crippen molar-refractivity contribution in [3.63, 3.8) is 0 Å². The molecule has 4 N–H and O–H groups in total. The van der Waals surface area contributed by atoms with Crippen molar-refractivity contribution in [3.8, 4) is 0 Å². The number of rotatable bonds is 1. The third kappa shape index (κ3) is 1.25. The minimum atomic E-state index is -0.0510. The van der Waals surface area contributed by atoms with Gasteiger partial charge in [0, 0.05) is 5.56 Å². The van der Waals surface area contributed by atoms with E-state index < -0.39 is 0 Å². The Morgan fingerprint density at radius 1 is 1.62 bits per heavy atom. The van der Waals surface area contributed by atoms with Gasteiger partial charge in [-0.05, 0) is 18.2 Å². The largest absolute Gasteiger partial charge is 0.335 e. The van der Waals surface area contributed by atoms with Gasteiger partial charge in [0.05, 0.1) is 11.0 Å². The van der Waals surface area contributed by atoms with E-state index >= 15 is 0 Å². The summed E-state index contributed by atoms with van der Waals surface area (Å²) in [5.74, 6) is -0.0510. The van der Waals surface area contributed by atoms with Crippen molar-refractivity contribution in [2.45, 2.75) is 0 Å². The number of nitrogens with zero attached hydrogens (tertiary/aromatic N) is 1. The molecule has 2 rings (SSSR count). The molecule has 2 aromatic rings. The number of amidine groups is 1. The fourth-order valence-corrected chi connectivity index (χ4v) is 1.10. The molecule has 1 radical (unpaired) electrons. The van der Waals surface area contributed by atoms with Crippen molar-refractivity contribution in [3.05, 3.63) is 30.1 Å². The molecule has 0 bridgehead atoms. The number of hydroxylamine groups is 1. The van der Waals surface area contributed by atoms with Crippen LogP contribution < -0.4 is 5.48 Å². The maximum Gasteiger partial charge on any atom is 0.174 e. The summed E-state index contributed by atoms with van der Waals surface area (Å²) in [4.78, 5) is 6.72. The third-order valence-corrected chi connectivity index (χ3v) is 1.77. The van der Waals surface area contributed by atoms with Crippen LogP contribution in [0.2, 0.25) is 0 Å². The Kier molecular flexibility index (Phi) is 1.71. The van der Waals surface area contributed by atoms with E-state index in [2.05, 4.69) is 16.3 Å². The molecule has 0 aliphatic heterocycles. The summed E-state index contributed by atoms with van der Waals surface area (Å²) in [6.45, 7) is 0. The van der Waals surface area contributed by atoms with Crippen LogP contribution in [0.3, 0.4) is 0 Å². The van der Waals surface area contributed by atoms with Crippen molar-refractivity contribution < 1.29 is 5.21 Å². The van der Waals surface area contributed by atoms with Crippen molar-refractivity contribution in [2.75, 3.05) is 0 Å². The summed E-state index contributed by atoms with van der Waals surface area (Å²) < 4.78 is 0. The van der Waals surface area contributed by atoms with Gasteiger partial charge in [-0.1, -0.05) is 0 Å². The summed E-state index contributed by atoms with van der Waals surface area (Å²) in [6, 6.07) is 5.17. The molecule has 1 aromatic heterocycles. The van der Waals surface area contributed by atoms with E-state index in [9.17, 15) is 0 Å². The van der Waals surface area contributed by atoms with Gasteiger partial charge in [-0.3, -0.25) is 16.1 Å². The molecule has 5 nitrogen and oxygen atoms in total. The van der Waals surface area contributed by atoms with E-state index in [-0.39, 0.29) is 5.84 Å². The Labute approximate surface area is 73.9 Å². The van der Waals surface area contributed by atoms with E-state index in [1.165, 1.54) is 0 Å². The first-order valence-corrected chi connectivity index (χ1v) is 3.66. The van der Waals surface area contributed by atoms with Crippen LogP contribution in [0.25, 0.3) is 11.0 Å². The van der Waals surface area contributed by atoms with Gasteiger partial charge in [-0.15, -0.1) is 0 Å². The Morgan fingerprint density at radius 3 is 3.23 bits per heavy atom. The predicted octanol–water partition coefficient (Wildman–Crippen LogP) is 0.667. The lowest BCUT2D eigenvalue weighted by Gasteiger charge is -2.00. The molecule has 0 unspecified atom stereocenters. The zero-order valence-corrected chi connectivity index (χ0v) is 6.63. The first-order chi connectivity index (χ1) is 6.31. The molecular formula is C8H7N4O. The maximum atomic E-state index is 8.50. The molecule has 1 aromatic carbocycles. The number of H-pyrrole nitrogens is 1. The van der Waals surface area contributed by atoms with Gasteiger partial charge in [0.25, 0.3) is 0 Å². The normalized spacial score (nSPS) is 10.2. The van der Waals surface area contributed by atoms with E-state index in [1.807, 2.05) is 0 Å². The van der Waals surface area contributed by atoms with Crippen LogP contribution in [0.5, 0.6) is 0 Å². The van der Waals surface area contributed by atoms with E-state index in [0.29, 0.717) is 5.56 Å². The van der Waals surface area contributed by atoms with Gasteiger partial charge in [-0.25, -0.2) is 4.98 Å². The van der Waals surface area contributed by atoms with Crippen LogP contribution in [-0.2, 0) is 0 Å². The van der Waals surface area contributed by atoms with Gasteiger partial charge < -0.3 is 4.98 Å². The molecular weight excluding hydrogens is 168 g/mol. The highest BCUT2D eigenvalue weighted by Gasteiger charge is 2.02. The molecule has 0 atom stereocenters. The molecule has 13 heavy (non-hydrogen) atoms. The molecule has 0 aliphatic carbocycles. The smallest absolute Gasteiger partial charge is 0.174 e. The summed E-state index contributed by atoms with van der Waals surface area (Å²) in [5, 5.41) is 15.8. The summed E-state index contributed by atoms with van der Waals surface area (Å²) in [5.41, 5.74) is 3.93. The second-order valence-corrected chi connectivity index (χ2v) is 2.57. The van der Waals surface area contributed by atoms with Crippen LogP contribution in [0.4, 0.5) is 0 Å². The van der Waals surface area contributed by atoms with E-state index in [0.717, 1.165) is 11.0 Å². The van der Waals surface area contributed by atoms with Crippen LogP contribution in [0, 0.1) is 11.7 Å². The van der Waals surface area contributed by atoms with E-state index in [4.69, 9.17) is 10.6 Å². The van der Waals surface area contributed by atoms with Crippen LogP contribution in [-0.4, -0.2) is 21.0 Å². The fourth-order valence-electron chi connectivity index (χ4n) is 1.10. The average molecular weight is 175 g/mol. The Hall–Kier alpha value is -1.88. The topological polar surface area (TPSA) is 84.8 Å². The molecule has 5 heteroatoms. The number of hydrogen-bond donors (Lipinski definition) is 4. The molecule has 0 fully saturated rings. The maximum absolute atomic E-state index is 8.50. The fraction of sp³-hybridized carbons (Fsp3) is 0. The monoisotopic (exact) mass is 175 g/mol. The van der Waals surface area contributed by atoms with Crippen molar-refractivity contribution in [2.24, 2.45) is 0 Å². The quantitative estimate of drug-likeness (QED) is 0.292. The highest BCUT2D eigenvalue weighted by molar-refractivity contribution is 5.98. The number of nitrogens with one attached hydrogen (secondary N) is 3. The average Bonchev–Trinajstić information content (AvgIpc) is 2.63.